The first-order valence-electron chi connectivity index (χ1n) is 6.60. The predicted octanol–water partition coefficient (Wildman–Crippen LogP) is 4.85. The molecule has 0 amide bonds. The molecule has 2 aromatic rings. The maximum Gasteiger partial charge on any atom is 0.433 e. The molecular formula is C14H13ClF4N4. The molecule has 0 fully saturated rings. The van der Waals surface area contributed by atoms with Gasteiger partial charge in [-0.1, -0.05) is 17.7 Å². The fourth-order valence-electron chi connectivity index (χ4n) is 1.72. The van der Waals surface area contributed by atoms with Gasteiger partial charge in [0.25, 0.3) is 0 Å². The number of alkyl halides is 3. The lowest BCUT2D eigenvalue weighted by Crippen LogP contribution is -2.17. The van der Waals surface area contributed by atoms with Crippen LogP contribution in [0.3, 0.4) is 0 Å². The lowest BCUT2D eigenvalue weighted by atomic mass is 10.3. The zero-order valence-electron chi connectivity index (χ0n) is 12.2. The van der Waals surface area contributed by atoms with Crippen molar-refractivity contribution >= 4 is 29.1 Å². The van der Waals surface area contributed by atoms with E-state index in [1.807, 2.05) is 0 Å². The van der Waals surface area contributed by atoms with Gasteiger partial charge >= 0.3 is 6.18 Å². The van der Waals surface area contributed by atoms with Crippen molar-refractivity contribution < 1.29 is 17.6 Å². The second-order valence-electron chi connectivity index (χ2n) is 4.98. The van der Waals surface area contributed by atoms with Gasteiger partial charge in [0.15, 0.2) is 5.69 Å². The Morgan fingerprint density at radius 3 is 2.43 bits per heavy atom. The molecule has 0 bridgehead atoms. The molecule has 0 atom stereocenters. The molecule has 1 heterocycles. The molecule has 0 saturated heterocycles. The van der Waals surface area contributed by atoms with Gasteiger partial charge in [0.2, 0.25) is 5.95 Å². The summed E-state index contributed by atoms with van der Waals surface area (Å²) in [6, 6.07) is 4.44. The number of hydrogen-bond acceptors (Lipinski definition) is 4. The van der Waals surface area contributed by atoms with E-state index in [-0.39, 0.29) is 28.5 Å². The number of hydrogen-bond donors (Lipinski definition) is 2. The smallest absolute Gasteiger partial charge is 0.352 e. The van der Waals surface area contributed by atoms with Crippen molar-refractivity contribution in [1.82, 2.24) is 9.97 Å². The van der Waals surface area contributed by atoms with E-state index < -0.39 is 17.7 Å². The van der Waals surface area contributed by atoms with Gasteiger partial charge in [0.05, 0.1) is 10.7 Å². The Balaban J connectivity index is 2.45. The number of halogens is 5. The van der Waals surface area contributed by atoms with Crippen molar-refractivity contribution in [3.05, 3.63) is 40.8 Å². The van der Waals surface area contributed by atoms with Gasteiger partial charge in [0.1, 0.15) is 11.6 Å². The molecule has 2 N–H and O–H groups in total. The van der Waals surface area contributed by atoms with Crippen LogP contribution in [0.2, 0.25) is 5.02 Å². The highest BCUT2D eigenvalue weighted by molar-refractivity contribution is 6.33. The maximum atomic E-state index is 13.8. The maximum absolute atomic E-state index is 13.8. The Morgan fingerprint density at radius 2 is 1.87 bits per heavy atom. The topological polar surface area (TPSA) is 49.8 Å². The monoisotopic (exact) mass is 348 g/mol. The average molecular weight is 349 g/mol. The first-order chi connectivity index (χ1) is 10.7. The van der Waals surface area contributed by atoms with E-state index in [9.17, 15) is 17.6 Å². The summed E-state index contributed by atoms with van der Waals surface area (Å²) in [6.45, 7) is 3.45. The van der Waals surface area contributed by atoms with Crippen molar-refractivity contribution in [3.8, 4) is 0 Å². The van der Waals surface area contributed by atoms with Gasteiger partial charge in [-0.2, -0.15) is 18.2 Å². The zero-order chi connectivity index (χ0) is 17.2. The molecule has 9 heteroatoms. The fourth-order valence-corrected chi connectivity index (χ4v) is 1.93. The number of anilines is 3. The first-order valence-corrected chi connectivity index (χ1v) is 6.98. The van der Waals surface area contributed by atoms with E-state index in [1.54, 1.807) is 13.8 Å². The fraction of sp³-hybridized carbons (Fsp3) is 0.286. The molecule has 0 aliphatic carbocycles. The minimum atomic E-state index is -4.66. The molecule has 0 radical (unpaired) electrons. The molecular weight excluding hydrogens is 336 g/mol. The third-order valence-corrected chi connectivity index (χ3v) is 2.97. The Bertz CT molecular complexity index is 683. The molecule has 23 heavy (non-hydrogen) atoms. The largest absolute Gasteiger partial charge is 0.433 e. The molecule has 1 aromatic heterocycles. The summed E-state index contributed by atoms with van der Waals surface area (Å²) in [4.78, 5) is 7.32. The molecule has 0 spiro atoms. The zero-order valence-corrected chi connectivity index (χ0v) is 12.9. The summed E-state index contributed by atoms with van der Waals surface area (Å²) in [7, 11) is 0. The van der Waals surface area contributed by atoms with E-state index >= 15 is 0 Å². The average Bonchev–Trinajstić information content (AvgIpc) is 2.41. The summed E-state index contributed by atoms with van der Waals surface area (Å²) < 4.78 is 52.6. The van der Waals surface area contributed by atoms with E-state index in [2.05, 4.69) is 20.6 Å². The molecule has 0 saturated carbocycles. The number of nitrogens with zero attached hydrogens (tertiary/aromatic N) is 2. The summed E-state index contributed by atoms with van der Waals surface area (Å²) in [5.41, 5.74) is -1.30. The van der Waals surface area contributed by atoms with Gasteiger partial charge in [-0.3, -0.25) is 0 Å². The molecule has 1 aromatic carbocycles. The van der Waals surface area contributed by atoms with Gasteiger partial charge in [-0.05, 0) is 26.0 Å². The van der Waals surface area contributed by atoms with E-state index in [0.29, 0.717) is 6.07 Å². The third-order valence-electron chi connectivity index (χ3n) is 2.65. The van der Waals surface area contributed by atoms with Crippen LogP contribution in [-0.2, 0) is 6.18 Å². The number of nitrogens with one attached hydrogen (secondary N) is 2. The van der Waals surface area contributed by atoms with E-state index in [0.717, 1.165) is 6.07 Å². The molecule has 0 unspecified atom stereocenters. The summed E-state index contributed by atoms with van der Waals surface area (Å²) >= 11 is 5.85. The third kappa shape index (κ3) is 4.44. The Kier molecular flexibility index (Phi) is 4.93. The van der Waals surface area contributed by atoms with Crippen LogP contribution in [0, 0.1) is 5.82 Å². The predicted molar refractivity (Wildman–Crippen MR) is 80.5 cm³/mol. The Hall–Kier alpha value is -2.09. The number of rotatable bonds is 4. The molecule has 4 nitrogen and oxygen atoms in total. The standard InChI is InChI=1S/C14H13ClF4N4/c1-7(2)20-13-21-10(14(17,18)19)6-11(23-13)22-12-8(15)4-3-5-9(12)16/h3-7H,1-2H3,(H2,20,21,22,23). The number of para-hydroxylation sites is 1. The summed E-state index contributed by atoms with van der Waals surface area (Å²) in [5, 5.41) is 5.18. The molecule has 0 aliphatic heterocycles. The van der Waals surface area contributed by atoms with Crippen molar-refractivity contribution in [2.24, 2.45) is 0 Å². The SMILES string of the molecule is CC(C)Nc1nc(Nc2c(F)cccc2Cl)cc(C(F)(F)F)n1. The lowest BCUT2D eigenvalue weighted by Gasteiger charge is -2.15. The van der Waals surface area contributed by atoms with Crippen LogP contribution in [0.15, 0.2) is 24.3 Å². The van der Waals surface area contributed by atoms with Crippen LogP contribution in [0.1, 0.15) is 19.5 Å². The van der Waals surface area contributed by atoms with Crippen molar-refractivity contribution in [1.29, 1.82) is 0 Å². The minimum absolute atomic E-state index is 0.0236. The van der Waals surface area contributed by atoms with Crippen LogP contribution in [0.4, 0.5) is 35.0 Å². The highest BCUT2D eigenvalue weighted by atomic mass is 35.5. The Labute approximate surface area is 134 Å². The number of aromatic nitrogens is 2. The van der Waals surface area contributed by atoms with Crippen molar-refractivity contribution in [3.63, 3.8) is 0 Å². The second kappa shape index (κ2) is 6.57. The highest BCUT2D eigenvalue weighted by Crippen LogP contribution is 2.32. The second-order valence-corrected chi connectivity index (χ2v) is 5.39. The normalized spacial score (nSPS) is 11.7. The lowest BCUT2D eigenvalue weighted by molar-refractivity contribution is -0.141. The van der Waals surface area contributed by atoms with Crippen LogP contribution < -0.4 is 10.6 Å². The van der Waals surface area contributed by atoms with Crippen molar-refractivity contribution in [2.75, 3.05) is 10.6 Å². The quantitative estimate of drug-likeness (QED) is 0.775. The van der Waals surface area contributed by atoms with Gasteiger partial charge in [0, 0.05) is 12.1 Å². The van der Waals surface area contributed by atoms with Crippen LogP contribution in [0.5, 0.6) is 0 Å². The van der Waals surface area contributed by atoms with Crippen LogP contribution in [0.25, 0.3) is 0 Å². The number of benzene rings is 1. The summed E-state index contributed by atoms with van der Waals surface area (Å²) in [5.74, 6) is -1.14. The van der Waals surface area contributed by atoms with E-state index in [1.165, 1.54) is 12.1 Å². The minimum Gasteiger partial charge on any atom is -0.352 e. The molecule has 124 valence electrons. The van der Waals surface area contributed by atoms with Crippen molar-refractivity contribution in [2.45, 2.75) is 26.1 Å². The van der Waals surface area contributed by atoms with E-state index in [4.69, 9.17) is 11.6 Å². The molecule has 0 aliphatic rings. The Morgan fingerprint density at radius 1 is 1.17 bits per heavy atom. The van der Waals surface area contributed by atoms with Gasteiger partial charge in [-0.15, -0.1) is 0 Å². The van der Waals surface area contributed by atoms with Crippen LogP contribution in [-0.4, -0.2) is 16.0 Å². The van der Waals surface area contributed by atoms with Gasteiger partial charge < -0.3 is 10.6 Å². The van der Waals surface area contributed by atoms with Gasteiger partial charge in [-0.25, -0.2) is 9.37 Å². The van der Waals surface area contributed by atoms with Crippen LogP contribution >= 0.6 is 11.6 Å². The summed E-state index contributed by atoms with van der Waals surface area (Å²) in [6.07, 6.45) is -4.66. The first kappa shape index (κ1) is 17.3. The molecule has 2 rings (SSSR count). The highest BCUT2D eigenvalue weighted by Gasteiger charge is 2.34.